The van der Waals surface area contributed by atoms with Crippen LogP contribution in [0.1, 0.15) is 65.7 Å². The molecule has 0 radical (unpaired) electrons. The van der Waals surface area contributed by atoms with Crippen LogP contribution in [-0.2, 0) is 9.53 Å². The highest BCUT2D eigenvalue weighted by molar-refractivity contribution is 6.01. The van der Waals surface area contributed by atoms with Crippen LogP contribution in [0.4, 0.5) is 0 Å². The van der Waals surface area contributed by atoms with Gasteiger partial charge >= 0.3 is 5.97 Å². The summed E-state index contributed by atoms with van der Waals surface area (Å²) < 4.78 is 5.00. The van der Waals surface area contributed by atoms with Crippen molar-refractivity contribution < 1.29 is 19.1 Å². The molecule has 0 aliphatic heterocycles. The van der Waals surface area contributed by atoms with Gasteiger partial charge < -0.3 is 15.0 Å². The summed E-state index contributed by atoms with van der Waals surface area (Å²) in [6.07, 6.45) is 1.84. The average molecular weight is 308 g/mol. The molecule has 0 spiro atoms. The topological polar surface area (TPSA) is 88.3 Å². The maximum Gasteiger partial charge on any atom is 0.355 e. The molecule has 0 saturated heterocycles. The summed E-state index contributed by atoms with van der Waals surface area (Å²) in [6.45, 7) is 8.45. The Morgan fingerprint density at radius 1 is 1.27 bits per heavy atom. The molecule has 1 heterocycles. The average Bonchev–Trinajstić information content (AvgIpc) is 2.71. The summed E-state index contributed by atoms with van der Waals surface area (Å²) in [5.74, 6) is -1.08. The third kappa shape index (κ3) is 4.44. The third-order valence-electron chi connectivity index (χ3n) is 3.46. The molecule has 0 aliphatic rings. The van der Waals surface area contributed by atoms with E-state index in [1.54, 1.807) is 13.8 Å². The standard InChI is InChI=1S/C16H24N2O4/c1-6-7-9(2)17-13(20)8-22-16(21)15-10(3)14(12(5)19)11(4)18-15/h9,18H,6-8H2,1-5H3,(H,17,20)/t9-/m1/s1. The Balaban J connectivity index is 2.65. The maximum atomic E-state index is 12.0. The molecule has 1 atom stereocenters. The lowest BCUT2D eigenvalue weighted by atomic mass is 10.1. The van der Waals surface area contributed by atoms with Crippen molar-refractivity contribution in [2.75, 3.05) is 6.61 Å². The Bertz CT molecular complexity index is 575. The van der Waals surface area contributed by atoms with Crippen LogP contribution in [0.2, 0.25) is 0 Å². The minimum Gasteiger partial charge on any atom is -0.451 e. The SMILES string of the molecule is CCC[C@@H](C)NC(=O)COC(=O)c1[nH]c(C)c(C(C)=O)c1C. The molecule has 6 heteroatoms. The van der Waals surface area contributed by atoms with Gasteiger partial charge in [-0.15, -0.1) is 0 Å². The van der Waals surface area contributed by atoms with E-state index in [9.17, 15) is 14.4 Å². The Labute approximate surface area is 130 Å². The van der Waals surface area contributed by atoms with Gasteiger partial charge in [0.05, 0.1) is 0 Å². The molecule has 1 rings (SSSR count). The minimum absolute atomic E-state index is 0.0509. The summed E-state index contributed by atoms with van der Waals surface area (Å²) >= 11 is 0. The molecule has 0 aliphatic carbocycles. The van der Waals surface area contributed by atoms with Crippen molar-refractivity contribution in [1.82, 2.24) is 10.3 Å². The van der Waals surface area contributed by atoms with Crippen molar-refractivity contribution in [3.05, 3.63) is 22.5 Å². The van der Waals surface area contributed by atoms with E-state index in [1.165, 1.54) is 6.92 Å². The van der Waals surface area contributed by atoms with Crippen LogP contribution in [0.15, 0.2) is 0 Å². The molecule has 0 aromatic carbocycles. The minimum atomic E-state index is -0.633. The number of esters is 1. The Morgan fingerprint density at radius 3 is 2.41 bits per heavy atom. The number of H-pyrrole nitrogens is 1. The van der Waals surface area contributed by atoms with Crippen molar-refractivity contribution in [1.29, 1.82) is 0 Å². The molecule has 0 saturated carbocycles. The van der Waals surface area contributed by atoms with Gasteiger partial charge in [0, 0.05) is 17.3 Å². The number of hydrogen-bond donors (Lipinski definition) is 2. The van der Waals surface area contributed by atoms with Crippen molar-refractivity contribution in [2.45, 2.75) is 53.5 Å². The van der Waals surface area contributed by atoms with Gasteiger partial charge in [-0.2, -0.15) is 0 Å². The number of carbonyl (C=O) groups is 3. The second-order valence-corrected chi connectivity index (χ2v) is 5.51. The van der Waals surface area contributed by atoms with Crippen LogP contribution in [0.5, 0.6) is 0 Å². The van der Waals surface area contributed by atoms with E-state index in [0.29, 0.717) is 16.8 Å². The normalized spacial score (nSPS) is 11.9. The zero-order valence-corrected chi connectivity index (χ0v) is 13.8. The first-order valence-electron chi connectivity index (χ1n) is 7.44. The monoisotopic (exact) mass is 308 g/mol. The lowest BCUT2D eigenvalue weighted by Gasteiger charge is -2.12. The van der Waals surface area contributed by atoms with E-state index >= 15 is 0 Å². The number of amides is 1. The molecule has 1 aromatic rings. The second kappa shape index (κ2) is 7.77. The number of aromatic nitrogens is 1. The quantitative estimate of drug-likeness (QED) is 0.597. The highest BCUT2D eigenvalue weighted by Gasteiger charge is 2.21. The zero-order chi connectivity index (χ0) is 16.9. The van der Waals surface area contributed by atoms with Gasteiger partial charge in [-0.25, -0.2) is 4.79 Å². The number of aromatic amines is 1. The fraction of sp³-hybridized carbons (Fsp3) is 0.562. The zero-order valence-electron chi connectivity index (χ0n) is 13.8. The molecule has 2 N–H and O–H groups in total. The van der Waals surface area contributed by atoms with Crippen molar-refractivity contribution in [3.8, 4) is 0 Å². The number of nitrogens with one attached hydrogen (secondary N) is 2. The number of hydrogen-bond acceptors (Lipinski definition) is 4. The predicted octanol–water partition coefficient (Wildman–Crippen LogP) is 2.30. The van der Waals surface area contributed by atoms with Gasteiger partial charge in [-0.05, 0) is 39.7 Å². The smallest absolute Gasteiger partial charge is 0.355 e. The van der Waals surface area contributed by atoms with Crippen molar-refractivity contribution in [2.24, 2.45) is 0 Å². The van der Waals surface area contributed by atoms with E-state index in [0.717, 1.165) is 12.8 Å². The number of ketones is 1. The number of aryl methyl sites for hydroxylation is 1. The molecule has 0 fully saturated rings. The predicted molar refractivity (Wildman–Crippen MR) is 83.1 cm³/mol. The highest BCUT2D eigenvalue weighted by Crippen LogP contribution is 2.19. The van der Waals surface area contributed by atoms with E-state index in [4.69, 9.17) is 4.74 Å². The summed E-state index contributed by atoms with van der Waals surface area (Å²) in [5, 5.41) is 2.76. The lowest BCUT2D eigenvalue weighted by Crippen LogP contribution is -2.35. The molecule has 22 heavy (non-hydrogen) atoms. The van der Waals surface area contributed by atoms with Crippen molar-refractivity contribution >= 4 is 17.7 Å². The molecule has 0 bridgehead atoms. The lowest BCUT2D eigenvalue weighted by molar-refractivity contribution is -0.124. The first-order valence-corrected chi connectivity index (χ1v) is 7.44. The summed E-state index contributed by atoms with van der Waals surface area (Å²) in [5.41, 5.74) is 1.89. The molecular formula is C16H24N2O4. The Kier molecular flexibility index (Phi) is 6.34. The van der Waals surface area contributed by atoms with Gasteiger partial charge in [0.2, 0.25) is 0 Å². The van der Waals surface area contributed by atoms with Gasteiger partial charge in [0.15, 0.2) is 12.4 Å². The first-order chi connectivity index (χ1) is 10.3. The number of Topliss-reactive ketones (excluding diaryl/α,β-unsaturated/α-hetero) is 1. The van der Waals surface area contributed by atoms with E-state index in [-0.39, 0.29) is 30.0 Å². The first kappa shape index (κ1) is 17.9. The largest absolute Gasteiger partial charge is 0.451 e. The van der Waals surface area contributed by atoms with Gasteiger partial charge in [-0.1, -0.05) is 13.3 Å². The van der Waals surface area contributed by atoms with Gasteiger partial charge in [-0.3, -0.25) is 9.59 Å². The fourth-order valence-corrected chi connectivity index (χ4v) is 2.51. The van der Waals surface area contributed by atoms with Crippen LogP contribution >= 0.6 is 0 Å². The third-order valence-corrected chi connectivity index (χ3v) is 3.46. The summed E-state index contributed by atoms with van der Waals surface area (Å²) in [7, 11) is 0. The van der Waals surface area contributed by atoms with Gasteiger partial charge in [0.1, 0.15) is 5.69 Å². The van der Waals surface area contributed by atoms with Crippen LogP contribution in [0.3, 0.4) is 0 Å². The van der Waals surface area contributed by atoms with Crippen LogP contribution < -0.4 is 5.32 Å². The van der Waals surface area contributed by atoms with Crippen LogP contribution in [0.25, 0.3) is 0 Å². The van der Waals surface area contributed by atoms with Crippen LogP contribution in [0, 0.1) is 13.8 Å². The number of carbonyl (C=O) groups excluding carboxylic acids is 3. The van der Waals surface area contributed by atoms with E-state index in [2.05, 4.69) is 10.3 Å². The van der Waals surface area contributed by atoms with Gasteiger partial charge in [0.25, 0.3) is 5.91 Å². The van der Waals surface area contributed by atoms with E-state index in [1.807, 2.05) is 13.8 Å². The molecular weight excluding hydrogens is 284 g/mol. The molecule has 1 aromatic heterocycles. The molecule has 1 amide bonds. The number of ether oxygens (including phenoxy) is 1. The number of rotatable bonds is 7. The van der Waals surface area contributed by atoms with E-state index < -0.39 is 5.97 Å². The Morgan fingerprint density at radius 2 is 1.91 bits per heavy atom. The highest BCUT2D eigenvalue weighted by atomic mass is 16.5. The summed E-state index contributed by atoms with van der Waals surface area (Å²) in [4.78, 5) is 38.1. The molecule has 122 valence electrons. The molecule has 0 unspecified atom stereocenters. The summed E-state index contributed by atoms with van der Waals surface area (Å²) in [6, 6.07) is 0.0509. The second-order valence-electron chi connectivity index (χ2n) is 5.51. The molecule has 6 nitrogen and oxygen atoms in total. The fourth-order valence-electron chi connectivity index (χ4n) is 2.51. The van der Waals surface area contributed by atoms with Crippen molar-refractivity contribution in [3.63, 3.8) is 0 Å². The van der Waals surface area contributed by atoms with Crippen LogP contribution in [-0.4, -0.2) is 35.3 Å². The Hall–Kier alpha value is -2.11. The maximum absolute atomic E-state index is 12.0.